The molecule has 0 bridgehead atoms. The van der Waals surface area contributed by atoms with E-state index in [0.717, 1.165) is 11.4 Å². The molecule has 15 heavy (non-hydrogen) atoms. The van der Waals surface area contributed by atoms with Crippen molar-refractivity contribution in [3.8, 4) is 5.69 Å². The van der Waals surface area contributed by atoms with E-state index in [1.807, 2.05) is 12.1 Å². The minimum atomic E-state index is 0.528. The second-order valence-electron chi connectivity index (χ2n) is 3.76. The van der Waals surface area contributed by atoms with Gasteiger partial charge in [0.2, 0.25) is 0 Å². The molecule has 1 saturated carbocycles. The lowest BCUT2D eigenvalue weighted by Crippen LogP contribution is -2.02. The smallest absolute Gasteiger partial charge is 0.169 e. The zero-order valence-electron chi connectivity index (χ0n) is 8.17. The van der Waals surface area contributed by atoms with Crippen LogP contribution in [0, 0.1) is 0 Å². The van der Waals surface area contributed by atoms with Gasteiger partial charge in [-0.25, -0.2) is 4.68 Å². The summed E-state index contributed by atoms with van der Waals surface area (Å²) in [5.74, 6) is 1.07. The van der Waals surface area contributed by atoms with Gasteiger partial charge in [-0.3, -0.25) is 4.98 Å². The number of anilines is 1. The Bertz CT molecular complexity index is 472. The molecule has 0 spiro atoms. The van der Waals surface area contributed by atoms with Crippen molar-refractivity contribution in [3.05, 3.63) is 30.2 Å². The number of nitrogen functional groups attached to an aromatic ring is 1. The molecule has 0 aromatic carbocycles. The molecule has 1 aliphatic rings. The summed E-state index contributed by atoms with van der Waals surface area (Å²) in [7, 11) is 0. The first-order chi connectivity index (χ1) is 7.36. The summed E-state index contributed by atoms with van der Waals surface area (Å²) >= 11 is 0. The van der Waals surface area contributed by atoms with Crippen LogP contribution < -0.4 is 5.73 Å². The summed E-state index contributed by atoms with van der Waals surface area (Å²) in [5.41, 5.74) is 7.76. The van der Waals surface area contributed by atoms with Crippen molar-refractivity contribution in [2.75, 3.05) is 5.73 Å². The van der Waals surface area contributed by atoms with Crippen molar-refractivity contribution >= 4 is 5.82 Å². The lowest BCUT2D eigenvalue weighted by molar-refractivity contribution is 0.760. The van der Waals surface area contributed by atoms with Gasteiger partial charge < -0.3 is 5.73 Å². The molecule has 0 saturated heterocycles. The predicted molar refractivity (Wildman–Crippen MR) is 55.5 cm³/mol. The van der Waals surface area contributed by atoms with Crippen LogP contribution in [0.3, 0.4) is 0 Å². The van der Waals surface area contributed by atoms with Gasteiger partial charge >= 0.3 is 0 Å². The van der Waals surface area contributed by atoms with Crippen LogP contribution in [0.5, 0.6) is 0 Å². The number of nitrogens with zero attached hydrogens (tertiary/aromatic N) is 4. The third kappa shape index (κ3) is 1.36. The maximum absolute atomic E-state index is 5.80. The predicted octanol–water partition coefficient (Wildman–Crippen LogP) is 1.12. The van der Waals surface area contributed by atoms with Gasteiger partial charge in [-0.05, 0) is 25.0 Å². The molecule has 0 aliphatic heterocycles. The highest BCUT2D eigenvalue weighted by Crippen LogP contribution is 2.42. The highest BCUT2D eigenvalue weighted by atomic mass is 15.4. The fourth-order valence-electron chi connectivity index (χ4n) is 1.71. The van der Waals surface area contributed by atoms with Gasteiger partial charge in [-0.15, -0.1) is 5.10 Å². The van der Waals surface area contributed by atoms with Crippen LogP contribution in [0.25, 0.3) is 5.69 Å². The summed E-state index contributed by atoms with van der Waals surface area (Å²) in [5, 5.41) is 7.97. The molecule has 5 heteroatoms. The molecule has 2 N–H and O–H groups in total. The Hall–Kier alpha value is -1.91. The molecule has 5 nitrogen and oxygen atoms in total. The Morgan fingerprint density at radius 2 is 2.27 bits per heavy atom. The molecule has 3 rings (SSSR count). The summed E-state index contributed by atoms with van der Waals surface area (Å²) in [6.07, 6.45) is 5.86. The van der Waals surface area contributed by atoms with Crippen molar-refractivity contribution in [2.45, 2.75) is 18.8 Å². The Morgan fingerprint density at radius 3 is 2.93 bits per heavy atom. The molecule has 76 valence electrons. The van der Waals surface area contributed by atoms with E-state index in [2.05, 4.69) is 15.3 Å². The first-order valence-electron chi connectivity index (χ1n) is 4.98. The maximum atomic E-state index is 5.80. The number of aromatic nitrogens is 4. The highest BCUT2D eigenvalue weighted by Gasteiger charge is 2.31. The first kappa shape index (κ1) is 8.40. The minimum Gasteiger partial charge on any atom is -0.381 e. The molecule has 0 amide bonds. The molecule has 0 atom stereocenters. The van der Waals surface area contributed by atoms with Crippen LogP contribution in [0.15, 0.2) is 24.5 Å². The summed E-state index contributed by atoms with van der Waals surface area (Å²) in [4.78, 5) is 4.06. The average molecular weight is 201 g/mol. The lowest BCUT2D eigenvalue weighted by atomic mass is 10.3. The zero-order chi connectivity index (χ0) is 10.3. The third-order valence-electron chi connectivity index (χ3n) is 2.59. The van der Waals surface area contributed by atoms with Crippen molar-refractivity contribution in [1.82, 2.24) is 20.0 Å². The Kier molecular flexibility index (Phi) is 1.71. The van der Waals surface area contributed by atoms with E-state index >= 15 is 0 Å². The van der Waals surface area contributed by atoms with Gasteiger partial charge in [-0.2, -0.15) is 0 Å². The Balaban J connectivity index is 2.12. The van der Waals surface area contributed by atoms with Gasteiger partial charge in [0.05, 0.1) is 17.6 Å². The van der Waals surface area contributed by atoms with Crippen LogP contribution in [-0.2, 0) is 0 Å². The van der Waals surface area contributed by atoms with Crippen LogP contribution in [-0.4, -0.2) is 20.0 Å². The number of hydrogen-bond acceptors (Lipinski definition) is 4. The van der Waals surface area contributed by atoms with Crippen LogP contribution in [0.2, 0.25) is 0 Å². The molecule has 2 heterocycles. The van der Waals surface area contributed by atoms with Gasteiger partial charge in [0, 0.05) is 12.1 Å². The lowest BCUT2D eigenvalue weighted by Gasteiger charge is -2.04. The van der Waals surface area contributed by atoms with Gasteiger partial charge in [-0.1, -0.05) is 5.21 Å². The highest BCUT2D eigenvalue weighted by molar-refractivity contribution is 5.43. The number of rotatable bonds is 2. The molecule has 0 unspecified atom stereocenters. The molecular formula is C10H11N5. The SMILES string of the molecule is Nc1nnn(-c2cccnc2)c1C1CC1. The molecule has 1 fully saturated rings. The quantitative estimate of drug-likeness (QED) is 0.790. The minimum absolute atomic E-state index is 0.528. The van der Waals surface area contributed by atoms with Crippen LogP contribution in [0.1, 0.15) is 24.5 Å². The molecule has 1 aliphatic carbocycles. The van der Waals surface area contributed by atoms with Crippen LogP contribution >= 0.6 is 0 Å². The van der Waals surface area contributed by atoms with E-state index in [1.54, 1.807) is 17.1 Å². The van der Waals surface area contributed by atoms with Crippen molar-refractivity contribution in [1.29, 1.82) is 0 Å². The maximum Gasteiger partial charge on any atom is 0.169 e. The monoisotopic (exact) mass is 201 g/mol. The summed E-state index contributed by atoms with van der Waals surface area (Å²) in [6, 6.07) is 3.83. The van der Waals surface area contributed by atoms with Crippen LogP contribution in [0.4, 0.5) is 5.82 Å². The van der Waals surface area contributed by atoms with Crippen molar-refractivity contribution < 1.29 is 0 Å². The van der Waals surface area contributed by atoms with E-state index < -0.39 is 0 Å². The second kappa shape index (κ2) is 3.05. The molecular weight excluding hydrogens is 190 g/mol. The molecule has 2 aromatic rings. The second-order valence-corrected chi connectivity index (χ2v) is 3.76. The summed E-state index contributed by atoms with van der Waals surface area (Å²) in [6.45, 7) is 0. The standard InChI is InChI=1S/C10H11N5/c11-10-9(7-3-4-7)15(14-13-10)8-2-1-5-12-6-8/h1-2,5-7H,3-4,11H2. The van der Waals surface area contributed by atoms with E-state index in [-0.39, 0.29) is 0 Å². The van der Waals surface area contributed by atoms with E-state index in [4.69, 9.17) is 5.73 Å². The largest absolute Gasteiger partial charge is 0.381 e. The number of hydrogen-bond donors (Lipinski definition) is 1. The number of nitrogens with two attached hydrogens (primary N) is 1. The van der Waals surface area contributed by atoms with Gasteiger partial charge in [0.1, 0.15) is 0 Å². The normalized spacial score (nSPS) is 15.5. The third-order valence-corrected chi connectivity index (χ3v) is 2.59. The number of pyridine rings is 1. The average Bonchev–Trinajstić information content (AvgIpc) is 3.03. The van der Waals surface area contributed by atoms with E-state index in [9.17, 15) is 0 Å². The van der Waals surface area contributed by atoms with Crippen molar-refractivity contribution in [2.24, 2.45) is 0 Å². The first-order valence-corrected chi connectivity index (χ1v) is 4.98. The fourth-order valence-corrected chi connectivity index (χ4v) is 1.71. The molecule has 0 radical (unpaired) electrons. The molecule has 2 aromatic heterocycles. The fraction of sp³-hybridized carbons (Fsp3) is 0.300. The zero-order valence-corrected chi connectivity index (χ0v) is 8.17. The Labute approximate surface area is 86.9 Å². The summed E-state index contributed by atoms with van der Waals surface area (Å²) < 4.78 is 1.79. The van der Waals surface area contributed by atoms with Crippen molar-refractivity contribution in [3.63, 3.8) is 0 Å². The van der Waals surface area contributed by atoms with Gasteiger partial charge in [0.15, 0.2) is 5.82 Å². The van der Waals surface area contributed by atoms with E-state index in [1.165, 1.54) is 12.8 Å². The Morgan fingerprint density at radius 1 is 1.40 bits per heavy atom. The van der Waals surface area contributed by atoms with Gasteiger partial charge in [0.25, 0.3) is 0 Å². The van der Waals surface area contributed by atoms with E-state index in [0.29, 0.717) is 11.7 Å². The topological polar surface area (TPSA) is 69.6 Å².